The van der Waals surface area contributed by atoms with E-state index in [-0.39, 0.29) is 37.0 Å². The van der Waals surface area contributed by atoms with Crippen LogP contribution in [-0.2, 0) is 24.4 Å². The van der Waals surface area contributed by atoms with Crippen LogP contribution in [-0.4, -0.2) is 72.5 Å². The van der Waals surface area contributed by atoms with E-state index in [0.717, 1.165) is 0 Å². The van der Waals surface area contributed by atoms with E-state index in [0.29, 0.717) is 19.3 Å². The molecular formula is C22H26F10O7S. The summed E-state index contributed by atoms with van der Waals surface area (Å²) in [6, 6.07) is 0. The van der Waals surface area contributed by atoms with Crippen LogP contribution >= 0.6 is 0 Å². The highest BCUT2D eigenvalue weighted by atomic mass is 32.2. The summed E-state index contributed by atoms with van der Waals surface area (Å²) in [5.74, 6) is -7.98. The molecule has 4 aliphatic carbocycles. The number of hydrogen-bond donors (Lipinski definition) is 2. The zero-order chi connectivity index (χ0) is 30.7. The van der Waals surface area contributed by atoms with Crippen molar-refractivity contribution in [2.24, 2.45) is 23.2 Å². The Kier molecular flexibility index (Phi) is 8.42. The highest BCUT2D eigenvalue weighted by Crippen LogP contribution is 2.65. The Hall–Kier alpha value is -1.66. The third kappa shape index (κ3) is 5.69. The van der Waals surface area contributed by atoms with Crippen molar-refractivity contribution < 1.29 is 76.2 Å². The molecule has 1 unspecified atom stereocenters. The molecular weight excluding hydrogens is 598 g/mol. The van der Waals surface area contributed by atoms with Crippen LogP contribution in [0.4, 0.5) is 43.9 Å². The molecule has 40 heavy (non-hydrogen) atoms. The fraction of sp³-hybridized carbons (Fsp3) is 0.864. The van der Waals surface area contributed by atoms with Gasteiger partial charge in [0, 0.05) is 11.8 Å². The van der Waals surface area contributed by atoms with Crippen molar-refractivity contribution in [3.05, 3.63) is 12.2 Å². The molecule has 1 atom stereocenters. The van der Waals surface area contributed by atoms with Gasteiger partial charge >= 0.3 is 39.6 Å². The smallest absolute Gasteiger partial charge is 0.431 e. The average Bonchev–Trinajstić information content (AvgIpc) is 2.76. The molecule has 7 nitrogen and oxygen atoms in total. The van der Waals surface area contributed by atoms with Crippen LogP contribution in [0.5, 0.6) is 0 Å². The van der Waals surface area contributed by atoms with E-state index < -0.39 is 81.9 Å². The summed E-state index contributed by atoms with van der Waals surface area (Å²) < 4.78 is 176. The summed E-state index contributed by atoms with van der Waals surface area (Å²) in [6.45, 7) is 0.464. The van der Waals surface area contributed by atoms with Gasteiger partial charge in [-0.15, -0.1) is 0 Å². The van der Waals surface area contributed by atoms with E-state index in [1.165, 1.54) is 0 Å². The lowest BCUT2D eigenvalue weighted by atomic mass is 9.46. The Bertz CT molecular complexity index is 1050. The monoisotopic (exact) mass is 624 g/mol. The van der Waals surface area contributed by atoms with Crippen molar-refractivity contribution in [1.82, 2.24) is 0 Å². The Balaban J connectivity index is 1.79. The third-order valence-corrected chi connectivity index (χ3v) is 8.93. The maximum atomic E-state index is 13.9. The second-order valence-corrected chi connectivity index (χ2v) is 12.4. The van der Waals surface area contributed by atoms with Crippen molar-refractivity contribution >= 4 is 16.1 Å². The van der Waals surface area contributed by atoms with E-state index >= 15 is 0 Å². The molecule has 0 aromatic rings. The molecule has 0 amide bonds. The van der Waals surface area contributed by atoms with Crippen molar-refractivity contribution in [3.8, 4) is 0 Å². The number of alkyl halides is 10. The van der Waals surface area contributed by atoms with Crippen molar-refractivity contribution in [1.29, 1.82) is 0 Å². The molecule has 4 bridgehead atoms. The molecule has 4 rings (SSSR count). The van der Waals surface area contributed by atoms with Gasteiger partial charge in [0.25, 0.3) is 5.60 Å². The molecule has 2 N–H and O–H groups in total. The van der Waals surface area contributed by atoms with E-state index in [9.17, 15) is 62.2 Å². The van der Waals surface area contributed by atoms with Crippen LogP contribution < -0.4 is 0 Å². The average molecular weight is 624 g/mol. The third-order valence-electron chi connectivity index (χ3n) is 7.99. The molecule has 0 heterocycles. The number of halogens is 10. The number of aliphatic hydroxyl groups is 1. The van der Waals surface area contributed by atoms with Crippen LogP contribution in [0.3, 0.4) is 0 Å². The Morgan fingerprint density at radius 3 is 1.70 bits per heavy atom. The van der Waals surface area contributed by atoms with Gasteiger partial charge in [-0.3, -0.25) is 4.55 Å². The molecule has 4 saturated carbocycles. The second-order valence-electron chi connectivity index (χ2n) is 10.9. The van der Waals surface area contributed by atoms with Gasteiger partial charge in [0.1, 0.15) is 0 Å². The zero-order valence-corrected chi connectivity index (χ0v) is 21.3. The molecule has 0 spiro atoms. The molecule has 0 aromatic carbocycles. The first-order chi connectivity index (χ1) is 17.9. The molecule has 0 saturated heterocycles. The molecule has 0 radical (unpaired) electrons. The highest BCUT2D eigenvalue weighted by molar-refractivity contribution is 7.87. The molecule has 0 aliphatic heterocycles. The summed E-state index contributed by atoms with van der Waals surface area (Å²) in [7, 11) is -6.54. The maximum absolute atomic E-state index is 13.9. The molecule has 0 aromatic heterocycles. The number of hydrogen-bond acceptors (Lipinski definition) is 6. The number of carbonyl (C=O) groups excluding carboxylic acids is 1. The number of ether oxygens (including phenoxy) is 2. The molecule has 4 aliphatic rings. The number of esters is 1. The minimum absolute atomic E-state index is 0.174. The first-order valence-electron chi connectivity index (χ1n) is 11.9. The van der Waals surface area contributed by atoms with Crippen LogP contribution in [0.1, 0.15) is 44.9 Å². The summed E-state index contributed by atoms with van der Waals surface area (Å²) in [5.41, 5.74) is -8.34. The van der Waals surface area contributed by atoms with Crippen molar-refractivity contribution in [3.63, 3.8) is 0 Å². The van der Waals surface area contributed by atoms with Gasteiger partial charge in [0.05, 0.1) is 18.8 Å². The SMILES string of the molecule is C=C(COCCC(F)(F)C(F)(F)S(=O)(=O)O)C(=O)OC(C12CC3CC(CC(C3)C1)C2)C(O)(C(F)(F)F)C(F)(F)F. The lowest BCUT2D eigenvalue weighted by molar-refractivity contribution is -0.406. The van der Waals surface area contributed by atoms with Gasteiger partial charge in [-0.05, 0) is 56.3 Å². The first-order valence-corrected chi connectivity index (χ1v) is 13.4. The topological polar surface area (TPSA) is 110 Å². The largest absolute Gasteiger partial charge is 0.455 e. The minimum Gasteiger partial charge on any atom is -0.455 e. The molecule has 232 valence electrons. The normalized spacial score (nSPS) is 28.4. The Morgan fingerprint density at radius 2 is 1.32 bits per heavy atom. The standard InChI is InChI=1S/C22H26F10O7S/c1-11(10-38-3-2-18(23,24)22(31,32)40(35,36)37)15(33)39-16(19(34,20(25,26)27)21(28,29)30)17-7-12-4-13(8-17)6-14(5-12)9-17/h12-14,16,34H,1-10H2,(H,35,36,37). The van der Waals surface area contributed by atoms with E-state index in [2.05, 4.69) is 11.3 Å². The minimum atomic E-state index is -6.54. The van der Waals surface area contributed by atoms with Crippen molar-refractivity contribution in [2.45, 2.75) is 80.2 Å². The molecule has 4 fully saturated rings. The maximum Gasteiger partial charge on any atom is 0.431 e. The predicted octanol–water partition coefficient (Wildman–Crippen LogP) is 5.05. The number of carbonyl (C=O) groups is 1. The number of rotatable bonds is 11. The van der Waals surface area contributed by atoms with E-state index in [1.54, 1.807) is 0 Å². The fourth-order valence-electron chi connectivity index (χ4n) is 6.59. The van der Waals surface area contributed by atoms with Gasteiger partial charge in [-0.2, -0.15) is 52.3 Å². The van der Waals surface area contributed by atoms with E-state index in [4.69, 9.17) is 9.29 Å². The van der Waals surface area contributed by atoms with Crippen LogP contribution in [0.2, 0.25) is 0 Å². The molecule has 18 heteroatoms. The van der Waals surface area contributed by atoms with Crippen LogP contribution in [0.25, 0.3) is 0 Å². The van der Waals surface area contributed by atoms with Gasteiger partial charge < -0.3 is 14.6 Å². The summed E-state index contributed by atoms with van der Waals surface area (Å²) in [4.78, 5) is 12.6. The lowest BCUT2D eigenvalue weighted by Crippen LogP contribution is -2.71. The first kappa shape index (κ1) is 32.8. The summed E-state index contributed by atoms with van der Waals surface area (Å²) in [6.07, 6.45) is -16.7. The van der Waals surface area contributed by atoms with Gasteiger partial charge in [0.2, 0.25) is 0 Å². The quantitative estimate of drug-likeness (QED) is 0.109. The van der Waals surface area contributed by atoms with Gasteiger partial charge in [-0.1, -0.05) is 6.58 Å². The Labute approximate surface area is 221 Å². The van der Waals surface area contributed by atoms with Gasteiger partial charge in [-0.25, -0.2) is 4.79 Å². The van der Waals surface area contributed by atoms with E-state index in [1.807, 2.05) is 0 Å². The highest BCUT2D eigenvalue weighted by Gasteiger charge is 2.79. The second kappa shape index (κ2) is 10.3. The van der Waals surface area contributed by atoms with Crippen LogP contribution in [0.15, 0.2) is 12.2 Å². The Morgan fingerprint density at radius 1 is 0.900 bits per heavy atom. The fourth-order valence-corrected chi connectivity index (χ4v) is 7.07. The zero-order valence-electron chi connectivity index (χ0n) is 20.5. The lowest BCUT2D eigenvalue weighted by Gasteiger charge is -2.60. The predicted molar refractivity (Wildman–Crippen MR) is 114 cm³/mol. The summed E-state index contributed by atoms with van der Waals surface area (Å²) >= 11 is 0. The summed E-state index contributed by atoms with van der Waals surface area (Å²) in [5, 5.41) is 4.36. The van der Waals surface area contributed by atoms with Crippen LogP contribution in [0, 0.1) is 23.2 Å². The van der Waals surface area contributed by atoms with Gasteiger partial charge in [0.15, 0.2) is 6.10 Å². The van der Waals surface area contributed by atoms with Crippen molar-refractivity contribution in [2.75, 3.05) is 13.2 Å².